The van der Waals surface area contributed by atoms with Crippen molar-refractivity contribution in [3.8, 4) is 17.1 Å². The van der Waals surface area contributed by atoms with Gasteiger partial charge in [0.2, 0.25) is 0 Å². The summed E-state index contributed by atoms with van der Waals surface area (Å²) in [5, 5.41) is 5.81. The number of carbonyl (C=O) groups is 1. The number of benzene rings is 2. The number of methoxy groups -OCH3 is 2. The van der Waals surface area contributed by atoms with Crippen LogP contribution in [-0.2, 0) is 4.74 Å². The molecule has 0 fully saturated rings. The summed E-state index contributed by atoms with van der Waals surface area (Å²) in [5.41, 5.74) is 0.998. The second-order valence-electron chi connectivity index (χ2n) is 4.50. The molecule has 106 valence electrons. The van der Waals surface area contributed by atoms with Gasteiger partial charge in [-0.2, -0.15) is 0 Å². The van der Waals surface area contributed by atoms with Gasteiger partial charge in [0.15, 0.2) is 11.5 Å². The largest absolute Gasteiger partial charge is 0.497 e. The van der Waals surface area contributed by atoms with E-state index in [0.29, 0.717) is 5.76 Å². The van der Waals surface area contributed by atoms with Gasteiger partial charge >= 0.3 is 5.97 Å². The van der Waals surface area contributed by atoms with Crippen LogP contribution in [0.1, 0.15) is 10.5 Å². The van der Waals surface area contributed by atoms with E-state index in [1.807, 2.05) is 36.4 Å². The van der Waals surface area contributed by atoms with E-state index < -0.39 is 5.97 Å². The lowest BCUT2D eigenvalue weighted by atomic mass is 10.1. The van der Waals surface area contributed by atoms with Crippen molar-refractivity contribution in [1.29, 1.82) is 0 Å². The third kappa shape index (κ3) is 2.45. The van der Waals surface area contributed by atoms with Crippen LogP contribution in [0.3, 0.4) is 0 Å². The summed E-state index contributed by atoms with van der Waals surface area (Å²) in [7, 11) is 2.94. The van der Waals surface area contributed by atoms with Gasteiger partial charge < -0.3 is 14.0 Å². The first-order valence-electron chi connectivity index (χ1n) is 6.34. The van der Waals surface area contributed by atoms with Crippen LogP contribution in [0, 0.1) is 0 Å². The number of fused-ring (bicyclic) bond motifs is 1. The highest BCUT2D eigenvalue weighted by Crippen LogP contribution is 2.27. The molecule has 1 heterocycles. The fourth-order valence-corrected chi connectivity index (χ4v) is 2.12. The third-order valence-electron chi connectivity index (χ3n) is 3.24. The molecule has 0 aliphatic carbocycles. The molecule has 0 spiro atoms. The Morgan fingerprint density at radius 2 is 1.81 bits per heavy atom. The summed E-state index contributed by atoms with van der Waals surface area (Å²) in [6.07, 6.45) is 0. The second kappa shape index (κ2) is 5.28. The highest BCUT2D eigenvalue weighted by Gasteiger charge is 2.14. The van der Waals surface area contributed by atoms with Crippen molar-refractivity contribution < 1.29 is 18.8 Å². The van der Waals surface area contributed by atoms with Crippen molar-refractivity contribution in [3.05, 3.63) is 48.2 Å². The first-order chi connectivity index (χ1) is 10.2. The van der Waals surface area contributed by atoms with Crippen LogP contribution in [0.2, 0.25) is 0 Å². The second-order valence-corrected chi connectivity index (χ2v) is 4.50. The molecule has 5 heteroatoms. The fraction of sp³-hybridized carbons (Fsp3) is 0.125. The maximum Gasteiger partial charge on any atom is 0.360 e. The van der Waals surface area contributed by atoms with Crippen LogP contribution in [0.4, 0.5) is 0 Å². The van der Waals surface area contributed by atoms with Crippen molar-refractivity contribution in [2.24, 2.45) is 0 Å². The number of hydrogen-bond acceptors (Lipinski definition) is 5. The topological polar surface area (TPSA) is 61.6 Å². The van der Waals surface area contributed by atoms with Gasteiger partial charge in [-0.15, -0.1) is 0 Å². The van der Waals surface area contributed by atoms with Crippen LogP contribution in [0.25, 0.3) is 22.1 Å². The van der Waals surface area contributed by atoms with Crippen LogP contribution in [0.5, 0.6) is 5.75 Å². The minimum absolute atomic E-state index is 0.155. The number of aromatic nitrogens is 1. The first-order valence-corrected chi connectivity index (χ1v) is 6.34. The molecule has 0 atom stereocenters. The Morgan fingerprint density at radius 1 is 1.05 bits per heavy atom. The van der Waals surface area contributed by atoms with Crippen molar-refractivity contribution in [2.45, 2.75) is 0 Å². The van der Waals surface area contributed by atoms with Crippen molar-refractivity contribution in [1.82, 2.24) is 5.16 Å². The average Bonchev–Trinajstić information content (AvgIpc) is 3.03. The molecule has 0 saturated heterocycles. The minimum Gasteiger partial charge on any atom is -0.497 e. The molecule has 0 bridgehead atoms. The Morgan fingerprint density at radius 3 is 2.57 bits per heavy atom. The van der Waals surface area contributed by atoms with Crippen LogP contribution in [0.15, 0.2) is 47.0 Å². The van der Waals surface area contributed by atoms with E-state index in [2.05, 4.69) is 9.89 Å². The molecule has 21 heavy (non-hydrogen) atoms. The zero-order valence-electron chi connectivity index (χ0n) is 11.6. The SMILES string of the molecule is COC(=O)c1cc(-c2ccc3cc(OC)ccc3c2)on1. The Balaban J connectivity index is 2.01. The molecule has 0 amide bonds. The zero-order chi connectivity index (χ0) is 14.8. The van der Waals surface area contributed by atoms with E-state index in [1.54, 1.807) is 13.2 Å². The monoisotopic (exact) mass is 283 g/mol. The van der Waals surface area contributed by atoms with E-state index in [9.17, 15) is 4.79 Å². The molecular formula is C16H13NO4. The lowest BCUT2D eigenvalue weighted by Crippen LogP contribution is -2.00. The number of nitrogens with zero attached hydrogens (tertiary/aromatic N) is 1. The standard InChI is InChI=1S/C16H13NO4/c1-19-13-6-5-10-7-12(4-3-11(10)8-13)15-9-14(17-21-15)16(18)20-2/h3-9H,1-2H3. The molecule has 0 saturated carbocycles. The fourth-order valence-electron chi connectivity index (χ4n) is 2.12. The lowest BCUT2D eigenvalue weighted by molar-refractivity contribution is 0.0589. The highest BCUT2D eigenvalue weighted by molar-refractivity contribution is 5.90. The molecule has 0 aliphatic heterocycles. The molecule has 0 radical (unpaired) electrons. The summed E-state index contributed by atoms with van der Waals surface area (Å²) in [5.74, 6) is 0.812. The van der Waals surface area contributed by atoms with E-state index in [4.69, 9.17) is 9.26 Å². The smallest absolute Gasteiger partial charge is 0.360 e. The summed E-state index contributed by atoms with van der Waals surface area (Å²) in [6.45, 7) is 0. The molecule has 0 unspecified atom stereocenters. The molecule has 3 rings (SSSR count). The van der Waals surface area contributed by atoms with Gasteiger partial charge in [-0.05, 0) is 29.0 Å². The van der Waals surface area contributed by atoms with Crippen molar-refractivity contribution in [3.63, 3.8) is 0 Å². The van der Waals surface area contributed by atoms with E-state index in [-0.39, 0.29) is 5.69 Å². The van der Waals surface area contributed by atoms with Crippen LogP contribution in [-0.4, -0.2) is 25.3 Å². The van der Waals surface area contributed by atoms with Gasteiger partial charge in [-0.25, -0.2) is 4.79 Å². The van der Waals surface area contributed by atoms with Crippen molar-refractivity contribution in [2.75, 3.05) is 14.2 Å². The minimum atomic E-state index is -0.518. The predicted octanol–water partition coefficient (Wildman–Crippen LogP) is 3.29. The van der Waals surface area contributed by atoms with E-state index in [0.717, 1.165) is 22.1 Å². The van der Waals surface area contributed by atoms with Crippen LogP contribution < -0.4 is 4.74 Å². The highest BCUT2D eigenvalue weighted by atomic mass is 16.5. The number of hydrogen-bond donors (Lipinski definition) is 0. The molecule has 0 aliphatic rings. The Bertz CT molecular complexity index is 807. The summed E-state index contributed by atoms with van der Waals surface area (Å²) < 4.78 is 15.0. The number of carbonyl (C=O) groups excluding carboxylic acids is 1. The predicted molar refractivity (Wildman–Crippen MR) is 77.3 cm³/mol. The quantitative estimate of drug-likeness (QED) is 0.690. The summed E-state index contributed by atoms with van der Waals surface area (Å²) in [4.78, 5) is 11.4. The number of ether oxygens (including phenoxy) is 2. The number of rotatable bonds is 3. The van der Waals surface area contributed by atoms with Gasteiger partial charge in [0.1, 0.15) is 5.75 Å². The Kier molecular flexibility index (Phi) is 3.31. The summed E-state index contributed by atoms with van der Waals surface area (Å²) in [6, 6.07) is 13.2. The van der Waals surface area contributed by atoms with Gasteiger partial charge in [-0.1, -0.05) is 23.4 Å². The molecule has 5 nitrogen and oxygen atoms in total. The molecule has 1 aromatic heterocycles. The average molecular weight is 283 g/mol. The Labute approximate surface area is 121 Å². The van der Waals surface area contributed by atoms with Gasteiger partial charge in [-0.3, -0.25) is 0 Å². The normalized spacial score (nSPS) is 10.6. The van der Waals surface area contributed by atoms with Gasteiger partial charge in [0.05, 0.1) is 14.2 Å². The summed E-state index contributed by atoms with van der Waals surface area (Å²) >= 11 is 0. The maximum absolute atomic E-state index is 11.4. The zero-order valence-corrected chi connectivity index (χ0v) is 11.6. The van der Waals surface area contributed by atoms with Crippen molar-refractivity contribution >= 4 is 16.7 Å². The molecular weight excluding hydrogens is 270 g/mol. The van der Waals surface area contributed by atoms with E-state index >= 15 is 0 Å². The molecule has 2 aromatic carbocycles. The third-order valence-corrected chi connectivity index (χ3v) is 3.24. The molecule has 3 aromatic rings. The van der Waals surface area contributed by atoms with Gasteiger partial charge in [0, 0.05) is 11.6 Å². The van der Waals surface area contributed by atoms with E-state index in [1.165, 1.54) is 7.11 Å². The molecule has 0 N–H and O–H groups in total. The Hall–Kier alpha value is -2.82. The number of esters is 1. The van der Waals surface area contributed by atoms with Gasteiger partial charge in [0.25, 0.3) is 0 Å². The van der Waals surface area contributed by atoms with Crippen LogP contribution >= 0.6 is 0 Å². The first kappa shape index (κ1) is 13.2. The maximum atomic E-state index is 11.4. The lowest BCUT2D eigenvalue weighted by Gasteiger charge is -2.03.